The molecule has 0 N–H and O–H groups in total. The number of hydrogen-bond donors (Lipinski definition) is 0. The molecule has 3 nitrogen and oxygen atoms in total. The number of thiazole rings is 1. The molecule has 1 aliphatic heterocycles. The summed E-state index contributed by atoms with van der Waals surface area (Å²) < 4.78 is 0. The zero-order chi connectivity index (χ0) is 14.6. The predicted molar refractivity (Wildman–Crippen MR) is 87.8 cm³/mol. The number of alkyl halides is 1. The molecule has 2 rings (SSSR count). The Hall–Kier alpha value is -0.160. The van der Waals surface area contributed by atoms with Crippen molar-refractivity contribution in [1.29, 1.82) is 0 Å². The maximum absolute atomic E-state index is 5.78. The van der Waals surface area contributed by atoms with E-state index >= 15 is 0 Å². The van der Waals surface area contributed by atoms with E-state index in [1.807, 2.05) is 0 Å². The van der Waals surface area contributed by atoms with Crippen molar-refractivity contribution in [3.05, 3.63) is 16.1 Å². The molecule has 0 aliphatic carbocycles. The molecular formula is C15H26ClN3S. The van der Waals surface area contributed by atoms with Crippen molar-refractivity contribution in [2.75, 3.05) is 33.2 Å². The first-order valence-electron chi connectivity index (χ1n) is 7.44. The summed E-state index contributed by atoms with van der Waals surface area (Å²) in [5.74, 6) is 0.535. The Morgan fingerprint density at radius 3 is 2.80 bits per heavy atom. The standard InChI is InChI=1S/C15H26ClN3S/c1-15(2)12-19(9-8-18(15)3)7-5-4-6-14-17-13(10-16)11-20-14/h11H,4-10,12H2,1-3H3. The Morgan fingerprint density at radius 1 is 1.35 bits per heavy atom. The summed E-state index contributed by atoms with van der Waals surface area (Å²) >= 11 is 7.52. The van der Waals surface area contributed by atoms with Crippen molar-refractivity contribution in [3.63, 3.8) is 0 Å². The van der Waals surface area contributed by atoms with Crippen LogP contribution in [0.25, 0.3) is 0 Å². The van der Waals surface area contributed by atoms with Gasteiger partial charge < -0.3 is 4.90 Å². The highest BCUT2D eigenvalue weighted by Gasteiger charge is 2.30. The van der Waals surface area contributed by atoms with Gasteiger partial charge in [-0.05, 0) is 46.7 Å². The van der Waals surface area contributed by atoms with Gasteiger partial charge in [-0.2, -0.15) is 0 Å². The van der Waals surface area contributed by atoms with Crippen LogP contribution < -0.4 is 0 Å². The maximum atomic E-state index is 5.78. The molecule has 0 amide bonds. The molecular weight excluding hydrogens is 290 g/mol. The molecule has 1 saturated heterocycles. The molecule has 114 valence electrons. The van der Waals surface area contributed by atoms with Crippen LogP contribution in [-0.4, -0.2) is 53.5 Å². The van der Waals surface area contributed by atoms with Gasteiger partial charge in [-0.1, -0.05) is 0 Å². The van der Waals surface area contributed by atoms with Gasteiger partial charge in [-0.25, -0.2) is 4.98 Å². The Labute approximate surface area is 131 Å². The van der Waals surface area contributed by atoms with Crippen LogP contribution in [0.2, 0.25) is 0 Å². The first-order valence-corrected chi connectivity index (χ1v) is 8.85. The van der Waals surface area contributed by atoms with Crippen LogP contribution >= 0.6 is 22.9 Å². The molecule has 0 unspecified atom stereocenters. The second-order valence-electron chi connectivity index (χ2n) is 6.33. The zero-order valence-electron chi connectivity index (χ0n) is 12.9. The minimum Gasteiger partial charge on any atom is -0.300 e. The normalized spacial score (nSPS) is 20.4. The van der Waals surface area contributed by atoms with Crippen LogP contribution in [-0.2, 0) is 12.3 Å². The van der Waals surface area contributed by atoms with E-state index in [-0.39, 0.29) is 0 Å². The number of halogens is 1. The fraction of sp³-hybridized carbons (Fsp3) is 0.800. The molecule has 0 spiro atoms. The third-order valence-corrected chi connectivity index (χ3v) is 5.48. The molecule has 1 aromatic heterocycles. The number of rotatable bonds is 6. The van der Waals surface area contributed by atoms with Crippen molar-refractivity contribution < 1.29 is 0 Å². The SMILES string of the molecule is CN1CCN(CCCCc2nc(CCl)cs2)CC1(C)C. The van der Waals surface area contributed by atoms with Gasteiger partial charge in [-0.15, -0.1) is 22.9 Å². The summed E-state index contributed by atoms with van der Waals surface area (Å²) in [6.07, 6.45) is 3.58. The quantitative estimate of drug-likeness (QED) is 0.593. The third-order valence-electron chi connectivity index (χ3n) is 4.25. The van der Waals surface area contributed by atoms with E-state index in [2.05, 4.69) is 41.1 Å². The second kappa shape index (κ2) is 7.21. The maximum Gasteiger partial charge on any atom is 0.0928 e. The minimum atomic E-state index is 0.308. The van der Waals surface area contributed by atoms with Gasteiger partial charge in [0.1, 0.15) is 0 Å². The lowest BCUT2D eigenvalue weighted by molar-refractivity contribution is 0.0393. The van der Waals surface area contributed by atoms with E-state index in [0.717, 1.165) is 12.1 Å². The van der Waals surface area contributed by atoms with Gasteiger partial charge in [-0.3, -0.25) is 4.90 Å². The fourth-order valence-electron chi connectivity index (χ4n) is 2.67. The Bertz CT molecular complexity index is 419. The summed E-state index contributed by atoms with van der Waals surface area (Å²) in [6.45, 7) is 9.44. The third kappa shape index (κ3) is 4.42. The predicted octanol–water partition coefficient (Wildman–Crippen LogP) is 3.23. The van der Waals surface area contributed by atoms with Crippen molar-refractivity contribution in [1.82, 2.24) is 14.8 Å². The molecule has 20 heavy (non-hydrogen) atoms. The van der Waals surface area contributed by atoms with Gasteiger partial charge in [0.2, 0.25) is 0 Å². The molecule has 0 aromatic carbocycles. The second-order valence-corrected chi connectivity index (χ2v) is 7.54. The first-order chi connectivity index (χ1) is 9.51. The van der Waals surface area contributed by atoms with Gasteiger partial charge >= 0.3 is 0 Å². The molecule has 0 atom stereocenters. The van der Waals surface area contributed by atoms with Crippen LogP contribution in [0.1, 0.15) is 37.4 Å². The van der Waals surface area contributed by atoms with Crippen LogP contribution in [0.15, 0.2) is 5.38 Å². The van der Waals surface area contributed by atoms with Gasteiger partial charge in [0, 0.05) is 30.6 Å². The van der Waals surface area contributed by atoms with Gasteiger partial charge in [0.15, 0.2) is 0 Å². The van der Waals surface area contributed by atoms with E-state index in [0.29, 0.717) is 11.4 Å². The van der Waals surface area contributed by atoms with Crippen LogP contribution in [0, 0.1) is 0 Å². The monoisotopic (exact) mass is 315 g/mol. The topological polar surface area (TPSA) is 19.4 Å². The van der Waals surface area contributed by atoms with Gasteiger partial charge in [0.25, 0.3) is 0 Å². The van der Waals surface area contributed by atoms with E-state index < -0.39 is 0 Å². The molecule has 5 heteroatoms. The number of nitrogens with zero attached hydrogens (tertiary/aromatic N) is 3. The van der Waals surface area contributed by atoms with Crippen LogP contribution in [0.3, 0.4) is 0 Å². The minimum absolute atomic E-state index is 0.308. The van der Waals surface area contributed by atoms with E-state index in [1.165, 1.54) is 44.0 Å². The number of likely N-dealkylation sites (N-methyl/N-ethyl adjacent to an activating group) is 1. The Kier molecular flexibility index (Phi) is 5.84. The Balaban J connectivity index is 1.66. The lowest BCUT2D eigenvalue weighted by atomic mass is 9.99. The largest absolute Gasteiger partial charge is 0.300 e. The number of unbranched alkanes of at least 4 members (excludes halogenated alkanes) is 1. The average Bonchev–Trinajstić information content (AvgIpc) is 2.86. The first kappa shape index (κ1) is 16.2. The molecule has 0 bridgehead atoms. The highest BCUT2D eigenvalue weighted by atomic mass is 35.5. The van der Waals surface area contributed by atoms with Crippen molar-refractivity contribution in [2.24, 2.45) is 0 Å². The Morgan fingerprint density at radius 2 is 2.15 bits per heavy atom. The highest BCUT2D eigenvalue weighted by molar-refractivity contribution is 7.09. The van der Waals surface area contributed by atoms with Crippen molar-refractivity contribution >= 4 is 22.9 Å². The summed E-state index contributed by atoms with van der Waals surface area (Å²) in [4.78, 5) is 9.58. The van der Waals surface area contributed by atoms with Gasteiger partial charge in [0.05, 0.1) is 16.6 Å². The van der Waals surface area contributed by atoms with Crippen LogP contribution in [0.4, 0.5) is 0 Å². The highest BCUT2D eigenvalue weighted by Crippen LogP contribution is 2.19. The number of hydrogen-bond acceptors (Lipinski definition) is 4. The van der Waals surface area contributed by atoms with Crippen molar-refractivity contribution in [2.45, 2.75) is 44.5 Å². The molecule has 0 radical (unpaired) electrons. The lowest BCUT2D eigenvalue weighted by Gasteiger charge is -2.45. The number of aromatic nitrogens is 1. The molecule has 1 fully saturated rings. The summed E-state index contributed by atoms with van der Waals surface area (Å²) in [5.41, 5.74) is 1.33. The summed E-state index contributed by atoms with van der Waals surface area (Å²) in [6, 6.07) is 0. The molecule has 1 aromatic rings. The fourth-order valence-corrected chi connectivity index (χ4v) is 3.74. The van der Waals surface area contributed by atoms with Crippen LogP contribution in [0.5, 0.6) is 0 Å². The smallest absolute Gasteiger partial charge is 0.0928 e. The van der Waals surface area contributed by atoms with E-state index in [1.54, 1.807) is 11.3 Å². The zero-order valence-corrected chi connectivity index (χ0v) is 14.4. The molecule has 0 saturated carbocycles. The lowest BCUT2D eigenvalue weighted by Crippen LogP contribution is -2.57. The summed E-state index contributed by atoms with van der Waals surface area (Å²) in [7, 11) is 2.23. The number of piperazine rings is 1. The molecule has 2 heterocycles. The molecule has 1 aliphatic rings. The summed E-state index contributed by atoms with van der Waals surface area (Å²) in [5, 5.41) is 3.31. The average molecular weight is 316 g/mol. The number of aryl methyl sites for hydroxylation is 1. The van der Waals surface area contributed by atoms with Crippen molar-refractivity contribution in [3.8, 4) is 0 Å². The van der Waals surface area contributed by atoms with E-state index in [9.17, 15) is 0 Å². The van der Waals surface area contributed by atoms with E-state index in [4.69, 9.17) is 11.6 Å².